The highest BCUT2D eigenvalue weighted by molar-refractivity contribution is 5.43. The molecule has 0 fully saturated rings. The Hall–Kier alpha value is -1.22. The van der Waals surface area contributed by atoms with E-state index in [0.717, 1.165) is 23.5 Å². The lowest BCUT2D eigenvalue weighted by molar-refractivity contribution is 0.195. The summed E-state index contributed by atoms with van der Waals surface area (Å²) in [7, 11) is 0. The largest absolute Gasteiger partial charge is 0.490 e. The fourth-order valence-electron chi connectivity index (χ4n) is 1.62. The zero-order valence-electron chi connectivity index (χ0n) is 10.9. The Morgan fingerprint density at radius 3 is 2.53 bits per heavy atom. The summed E-state index contributed by atoms with van der Waals surface area (Å²) in [5, 5.41) is 9.37. The Morgan fingerprint density at radius 1 is 1.18 bits per heavy atom. The Labute approximate surface area is 103 Å². The molecule has 96 valence electrons. The Morgan fingerprint density at radius 2 is 1.94 bits per heavy atom. The van der Waals surface area contributed by atoms with Crippen LogP contribution in [-0.4, -0.2) is 24.4 Å². The molecule has 0 aliphatic carbocycles. The van der Waals surface area contributed by atoms with E-state index < -0.39 is 0 Å². The van der Waals surface area contributed by atoms with Crippen LogP contribution < -0.4 is 9.47 Å². The van der Waals surface area contributed by atoms with Gasteiger partial charge in [-0.15, -0.1) is 0 Å². The molecule has 0 amide bonds. The maximum absolute atomic E-state index is 9.37. The van der Waals surface area contributed by atoms with Gasteiger partial charge >= 0.3 is 0 Å². The van der Waals surface area contributed by atoms with Crippen molar-refractivity contribution >= 4 is 0 Å². The van der Waals surface area contributed by atoms with Gasteiger partial charge < -0.3 is 14.6 Å². The third-order valence-electron chi connectivity index (χ3n) is 2.30. The topological polar surface area (TPSA) is 38.7 Å². The molecule has 0 saturated heterocycles. The van der Waals surface area contributed by atoms with Crippen molar-refractivity contribution in [3.05, 3.63) is 23.8 Å². The van der Waals surface area contributed by atoms with Crippen LogP contribution in [0.2, 0.25) is 0 Å². The zero-order chi connectivity index (χ0) is 12.7. The maximum Gasteiger partial charge on any atom is 0.161 e. The average Bonchev–Trinajstić information content (AvgIpc) is 2.28. The highest BCUT2D eigenvalue weighted by Crippen LogP contribution is 2.29. The molecule has 3 heteroatoms. The summed E-state index contributed by atoms with van der Waals surface area (Å²) in [6.07, 6.45) is 1.27. The molecular weight excluding hydrogens is 216 g/mol. The van der Waals surface area contributed by atoms with E-state index in [0.29, 0.717) is 19.6 Å². The van der Waals surface area contributed by atoms with Gasteiger partial charge in [-0.1, -0.05) is 13.0 Å². The van der Waals surface area contributed by atoms with Crippen LogP contribution in [0, 0.1) is 0 Å². The third kappa shape index (κ3) is 4.65. The van der Waals surface area contributed by atoms with E-state index in [2.05, 4.69) is 6.92 Å². The lowest BCUT2D eigenvalue weighted by Crippen LogP contribution is -2.05. The maximum atomic E-state index is 9.37. The van der Waals surface area contributed by atoms with Gasteiger partial charge in [0.1, 0.15) is 0 Å². The molecule has 1 atom stereocenters. The number of rotatable bonds is 7. The Balaban J connectivity index is 2.83. The van der Waals surface area contributed by atoms with E-state index in [-0.39, 0.29) is 6.10 Å². The Bertz CT molecular complexity index is 334. The van der Waals surface area contributed by atoms with Crippen molar-refractivity contribution in [1.82, 2.24) is 0 Å². The van der Waals surface area contributed by atoms with E-state index >= 15 is 0 Å². The van der Waals surface area contributed by atoms with E-state index in [1.165, 1.54) is 0 Å². The van der Waals surface area contributed by atoms with Gasteiger partial charge in [0.05, 0.1) is 19.3 Å². The van der Waals surface area contributed by atoms with E-state index in [9.17, 15) is 5.11 Å². The quantitative estimate of drug-likeness (QED) is 0.794. The molecule has 1 unspecified atom stereocenters. The van der Waals surface area contributed by atoms with Gasteiger partial charge in [0.15, 0.2) is 11.5 Å². The van der Waals surface area contributed by atoms with Crippen molar-refractivity contribution in [2.24, 2.45) is 0 Å². The van der Waals surface area contributed by atoms with Crippen molar-refractivity contribution in [3.8, 4) is 11.5 Å². The van der Waals surface area contributed by atoms with Crippen LogP contribution in [-0.2, 0) is 6.42 Å². The SMILES string of the molecule is CCCOc1ccc(CC(C)O)cc1OCC. The predicted octanol–water partition coefficient (Wildman–Crippen LogP) is 2.80. The molecule has 1 rings (SSSR count). The summed E-state index contributed by atoms with van der Waals surface area (Å²) in [6, 6.07) is 5.83. The van der Waals surface area contributed by atoms with Crippen LogP contribution in [0.25, 0.3) is 0 Å². The smallest absolute Gasteiger partial charge is 0.161 e. The van der Waals surface area contributed by atoms with Gasteiger partial charge in [-0.05, 0) is 44.4 Å². The van der Waals surface area contributed by atoms with Gasteiger partial charge in [0.2, 0.25) is 0 Å². The third-order valence-corrected chi connectivity index (χ3v) is 2.30. The van der Waals surface area contributed by atoms with Crippen LogP contribution in [0.3, 0.4) is 0 Å². The van der Waals surface area contributed by atoms with Crippen molar-refractivity contribution in [2.75, 3.05) is 13.2 Å². The van der Waals surface area contributed by atoms with Gasteiger partial charge in [-0.3, -0.25) is 0 Å². The first-order valence-corrected chi connectivity index (χ1v) is 6.24. The normalized spacial score (nSPS) is 12.2. The first-order valence-electron chi connectivity index (χ1n) is 6.24. The summed E-state index contributed by atoms with van der Waals surface area (Å²) in [4.78, 5) is 0. The summed E-state index contributed by atoms with van der Waals surface area (Å²) in [5.41, 5.74) is 1.06. The minimum absolute atomic E-state index is 0.341. The van der Waals surface area contributed by atoms with Crippen LogP contribution in [0.5, 0.6) is 11.5 Å². The number of aliphatic hydroxyl groups excluding tert-OH is 1. The van der Waals surface area contributed by atoms with Crippen molar-refractivity contribution < 1.29 is 14.6 Å². The predicted molar refractivity (Wildman–Crippen MR) is 68.8 cm³/mol. The van der Waals surface area contributed by atoms with Crippen LogP contribution in [0.4, 0.5) is 0 Å². The summed E-state index contributed by atoms with van der Waals surface area (Å²) >= 11 is 0. The summed E-state index contributed by atoms with van der Waals surface area (Å²) in [5.74, 6) is 1.54. The molecule has 3 nitrogen and oxygen atoms in total. The highest BCUT2D eigenvalue weighted by atomic mass is 16.5. The number of hydrogen-bond acceptors (Lipinski definition) is 3. The monoisotopic (exact) mass is 238 g/mol. The van der Waals surface area contributed by atoms with E-state index in [1.807, 2.05) is 25.1 Å². The number of hydrogen-bond donors (Lipinski definition) is 1. The molecule has 0 aliphatic heterocycles. The molecule has 0 radical (unpaired) electrons. The molecule has 0 aliphatic rings. The van der Waals surface area contributed by atoms with Gasteiger partial charge in [0.25, 0.3) is 0 Å². The molecule has 0 heterocycles. The second-order valence-electron chi connectivity index (χ2n) is 4.12. The molecular formula is C14H22O3. The molecule has 0 bridgehead atoms. The van der Waals surface area contributed by atoms with Gasteiger partial charge in [-0.2, -0.15) is 0 Å². The molecule has 0 spiro atoms. The number of benzene rings is 1. The zero-order valence-corrected chi connectivity index (χ0v) is 10.9. The van der Waals surface area contributed by atoms with Crippen LogP contribution in [0.15, 0.2) is 18.2 Å². The number of aliphatic hydroxyl groups is 1. The highest BCUT2D eigenvalue weighted by Gasteiger charge is 2.07. The molecule has 17 heavy (non-hydrogen) atoms. The van der Waals surface area contributed by atoms with Crippen molar-refractivity contribution in [3.63, 3.8) is 0 Å². The van der Waals surface area contributed by atoms with Crippen molar-refractivity contribution in [2.45, 2.75) is 39.7 Å². The minimum atomic E-state index is -0.341. The first kappa shape index (κ1) is 13.8. The van der Waals surface area contributed by atoms with Gasteiger partial charge in [0, 0.05) is 0 Å². The second-order valence-corrected chi connectivity index (χ2v) is 4.12. The van der Waals surface area contributed by atoms with Crippen LogP contribution in [0.1, 0.15) is 32.8 Å². The molecule has 0 saturated carbocycles. The van der Waals surface area contributed by atoms with Gasteiger partial charge in [-0.25, -0.2) is 0 Å². The van der Waals surface area contributed by atoms with E-state index in [1.54, 1.807) is 6.92 Å². The molecule has 1 N–H and O–H groups in total. The molecule has 0 aromatic heterocycles. The number of ether oxygens (including phenoxy) is 2. The van der Waals surface area contributed by atoms with Crippen molar-refractivity contribution in [1.29, 1.82) is 0 Å². The van der Waals surface area contributed by atoms with E-state index in [4.69, 9.17) is 9.47 Å². The minimum Gasteiger partial charge on any atom is -0.490 e. The lowest BCUT2D eigenvalue weighted by atomic mass is 10.1. The average molecular weight is 238 g/mol. The molecule has 1 aromatic carbocycles. The van der Waals surface area contributed by atoms with Crippen LogP contribution >= 0.6 is 0 Å². The fraction of sp³-hybridized carbons (Fsp3) is 0.571. The fourth-order valence-corrected chi connectivity index (χ4v) is 1.62. The molecule has 1 aromatic rings. The first-order chi connectivity index (χ1) is 8.17. The summed E-state index contributed by atoms with van der Waals surface area (Å²) < 4.78 is 11.2. The lowest BCUT2D eigenvalue weighted by Gasteiger charge is -2.13. The summed E-state index contributed by atoms with van der Waals surface area (Å²) in [6.45, 7) is 7.10. The second kappa shape index (κ2) is 7.17. The Kier molecular flexibility index (Phi) is 5.84. The standard InChI is InChI=1S/C14H22O3/c1-4-8-17-13-7-6-12(9-11(3)15)10-14(13)16-5-2/h6-7,10-11,15H,4-5,8-9H2,1-3H3.